The highest BCUT2D eigenvalue weighted by molar-refractivity contribution is 5.60. The Balaban J connectivity index is 1.58. The monoisotopic (exact) mass is 397 g/mol. The van der Waals surface area contributed by atoms with Gasteiger partial charge in [0.2, 0.25) is 5.88 Å². The first-order valence-electron chi connectivity index (χ1n) is 9.21. The summed E-state index contributed by atoms with van der Waals surface area (Å²) in [5.74, 6) is 0.784. The van der Waals surface area contributed by atoms with E-state index in [0.29, 0.717) is 30.2 Å². The Hall–Kier alpha value is -3.43. The minimum atomic E-state index is -0.824. The summed E-state index contributed by atoms with van der Waals surface area (Å²) in [4.78, 5) is 4.14. The zero-order valence-corrected chi connectivity index (χ0v) is 15.5. The Kier molecular flexibility index (Phi) is 4.18. The van der Waals surface area contributed by atoms with Crippen LogP contribution < -0.4 is 4.74 Å². The van der Waals surface area contributed by atoms with Gasteiger partial charge in [0.05, 0.1) is 5.56 Å². The molecular weight excluding hydrogens is 380 g/mol. The number of rotatable bonds is 5. The van der Waals surface area contributed by atoms with Crippen molar-refractivity contribution >= 4 is 5.65 Å². The molecule has 3 aromatic heterocycles. The molecule has 0 unspecified atom stereocenters. The maximum Gasteiger partial charge on any atom is 0.235 e. The molecule has 0 atom stereocenters. The normalized spacial score (nSPS) is 18.7. The van der Waals surface area contributed by atoms with Crippen molar-refractivity contribution in [3.8, 4) is 17.3 Å². The maximum absolute atomic E-state index is 14.3. The van der Waals surface area contributed by atoms with E-state index >= 15 is 0 Å². The predicted molar refractivity (Wildman–Crippen MR) is 98.4 cm³/mol. The molecule has 29 heavy (non-hydrogen) atoms. The van der Waals surface area contributed by atoms with Gasteiger partial charge in [-0.25, -0.2) is 13.8 Å². The van der Waals surface area contributed by atoms with Crippen LogP contribution in [0.15, 0.2) is 36.7 Å². The molecule has 1 aromatic carbocycles. The van der Waals surface area contributed by atoms with Crippen LogP contribution in [-0.2, 0) is 13.7 Å². The first-order valence-corrected chi connectivity index (χ1v) is 9.21. The van der Waals surface area contributed by atoms with E-state index in [1.807, 2.05) is 0 Å². The Labute approximate surface area is 164 Å². The minimum absolute atomic E-state index is 0.00870. The second-order valence-electron chi connectivity index (χ2n) is 7.03. The molecule has 1 aliphatic rings. The molecule has 0 N–H and O–H groups in total. The number of nitrogens with zero attached hydrogens (tertiary/aromatic N) is 7. The number of fused-ring (bicyclic) bond motifs is 1. The van der Waals surface area contributed by atoms with Crippen molar-refractivity contribution in [1.82, 2.24) is 34.6 Å². The van der Waals surface area contributed by atoms with Crippen LogP contribution in [0.3, 0.4) is 0 Å². The van der Waals surface area contributed by atoms with E-state index in [-0.39, 0.29) is 23.9 Å². The van der Waals surface area contributed by atoms with Gasteiger partial charge in [-0.15, -0.1) is 15.3 Å². The third kappa shape index (κ3) is 3.10. The van der Waals surface area contributed by atoms with E-state index < -0.39 is 12.0 Å². The lowest BCUT2D eigenvalue weighted by molar-refractivity contribution is 0.173. The zero-order valence-electron chi connectivity index (χ0n) is 15.5. The van der Waals surface area contributed by atoms with Crippen LogP contribution in [-0.4, -0.2) is 40.7 Å². The number of ether oxygens (including phenoxy) is 1. The smallest absolute Gasteiger partial charge is 0.235 e. The van der Waals surface area contributed by atoms with E-state index in [1.165, 1.54) is 16.9 Å². The first-order chi connectivity index (χ1) is 14.1. The molecule has 148 valence electrons. The van der Waals surface area contributed by atoms with E-state index in [2.05, 4.69) is 25.4 Å². The van der Waals surface area contributed by atoms with Gasteiger partial charge in [-0.3, -0.25) is 4.68 Å². The van der Waals surface area contributed by atoms with Crippen molar-refractivity contribution in [3.05, 3.63) is 53.9 Å². The maximum atomic E-state index is 14.3. The predicted octanol–water partition coefficient (Wildman–Crippen LogP) is 2.85. The topological polar surface area (TPSA) is 83.0 Å². The van der Waals surface area contributed by atoms with Gasteiger partial charge in [0.25, 0.3) is 0 Å². The summed E-state index contributed by atoms with van der Waals surface area (Å²) in [7, 11) is 1.76. The van der Waals surface area contributed by atoms with Crippen molar-refractivity contribution in [2.24, 2.45) is 7.05 Å². The van der Waals surface area contributed by atoms with Crippen molar-refractivity contribution in [2.75, 3.05) is 0 Å². The molecule has 0 spiro atoms. The lowest BCUT2D eigenvalue weighted by Crippen LogP contribution is -2.24. The molecule has 8 nitrogen and oxygen atoms in total. The van der Waals surface area contributed by atoms with Crippen LogP contribution in [0.1, 0.15) is 30.1 Å². The summed E-state index contributed by atoms with van der Waals surface area (Å²) < 4.78 is 36.7. The van der Waals surface area contributed by atoms with E-state index in [1.54, 1.807) is 36.0 Å². The molecule has 5 rings (SSSR count). The van der Waals surface area contributed by atoms with Crippen LogP contribution >= 0.6 is 0 Å². The third-order valence-electron chi connectivity index (χ3n) is 5.17. The molecule has 0 saturated heterocycles. The average molecular weight is 397 g/mol. The van der Waals surface area contributed by atoms with Crippen LogP contribution in [0.5, 0.6) is 5.88 Å². The second kappa shape index (κ2) is 6.87. The summed E-state index contributed by atoms with van der Waals surface area (Å²) in [5, 5.41) is 16.8. The number of aryl methyl sites for hydroxylation is 1. The third-order valence-corrected chi connectivity index (χ3v) is 5.17. The number of alkyl halides is 1. The average Bonchev–Trinajstić information content (AvgIpc) is 3.29. The van der Waals surface area contributed by atoms with Crippen molar-refractivity contribution < 1.29 is 13.5 Å². The fourth-order valence-electron chi connectivity index (χ4n) is 3.43. The molecule has 0 radical (unpaired) electrons. The molecule has 0 bridgehead atoms. The highest BCUT2D eigenvalue weighted by Gasteiger charge is 2.34. The van der Waals surface area contributed by atoms with Gasteiger partial charge in [-0.05, 0) is 37.0 Å². The number of halogens is 2. The highest BCUT2D eigenvalue weighted by atomic mass is 19.1. The van der Waals surface area contributed by atoms with Gasteiger partial charge in [0.1, 0.15) is 24.9 Å². The lowest BCUT2D eigenvalue weighted by Gasteiger charge is -2.30. The molecule has 3 heterocycles. The summed E-state index contributed by atoms with van der Waals surface area (Å²) in [6, 6.07) is 8.07. The Morgan fingerprint density at radius 3 is 2.76 bits per heavy atom. The van der Waals surface area contributed by atoms with Crippen molar-refractivity contribution in [1.29, 1.82) is 0 Å². The summed E-state index contributed by atoms with van der Waals surface area (Å²) >= 11 is 0. The summed E-state index contributed by atoms with van der Waals surface area (Å²) in [6.07, 6.45) is 1.43. The minimum Gasteiger partial charge on any atom is -0.468 e. The molecule has 10 heteroatoms. The first kappa shape index (κ1) is 17.7. The largest absolute Gasteiger partial charge is 0.468 e. The fourth-order valence-corrected chi connectivity index (χ4v) is 3.43. The molecule has 0 aliphatic heterocycles. The molecule has 1 fully saturated rings. The van der Waals surface area contributed by atoms with Crippen LogP contribution in [0.4, 0.5) is 8.78 Å². The van der Waals surface area contributed by atoms with Gasteiger partial charge in [-0.2, -0.15) is 9.61 Å². The van der Waals surface area contributed by atoms with Gasteiger partial charge in [0, 0.05) is 12.6 Å². The van der Waals surface area contributed by atoms with Crippen LogP contribution in [0, 0.1) is 5.82 Å². The molecular formula is C19H17F2N7O. The molecule has 1 saturated carbocycles. The van der Waals surface area contributed by atoms with E-state index in [4.69, 9.17) is 4.74 Å². The zero-order chi connectivity index (χ0) is 20.0. The SMILES string of the molecule is Cn1ncnc1COc1nn2c(-c3ccccc3F)nnc2cc1C1CC(F)C1. The van der Waals surface area contributed by atoms with Crippen LogP contribution in [0.2, 0.25) is 0 Å². The van der Waals surface area contributed by atoms with Crippen molar-refractivity contribution in [3.63, 3.8) is 0 Å². The van der Waals surface area contributed by atoms with Gasteiger partial charge in [0.15, 0.2) is 17.3 Å². The number of hydrogen-bond donors (Lipinski definition) is 0. The standard InChI is InChI=1S/C19H17F2N7O/c1-27-17(22-10-23-27)9-29-19-14(11-6-12(20)7-11)8-16-24-25-18(28(16)26-19)13-4-2-3-5-15(13)21/h2-5,8,10-12H,6-7,9H2,1H3. The highest BCUT2D eigenvalue weighted by Crippen LogP contribution is 2.42. The molecule has 4 aromatic rings. The molecule has 0 amide bonds. The van der Waals surface area contributed by atoms with Gasteiger partial charge >= 0.3 is 0 Å². The number of hydrogen-bond acceptors (Lipinski definition) is 6. The van der Waals surface area contributed by atoms with Gasteiger partial charge < -0.3 is 4.74 Å². The Bertz CT molecular complexity index is 1180. The van der Waals surface area contributed by atoms with Crippen molar-refractivity contribution in [2.45, 2.75) is 31.5 Å². The number of benzene rings is 1. The lowest BCUT2D eigenvalue weighted by atomic mass is 9.79. The van der Waals surface area contributed by atoms with Gasteiger partial charge in [-0.1, -0.05) is 12.1 Å². The fraction of sp³-hybridized carbons (Fsp3) is 0.316. The summed E-state index contributed by atoms with van der Waals surface area (Å²) in [5.41, 5.74) is 1.50. The van der Waals surface area contributed by atoms with E-state index in [9.17, 15) is 8.78 Å². The molecule has 1 aliphatic carbocycles. The number of aromatic nitrogens is 7. The Morgan fingerprint density at radius 1 is 1.21 bits per heavy atom. The van der Waals surface area contributed by atoms with Crippen LogP contribution in [0.25, 0.3) is 17.0 Å². The Morgan fingerprint density at radius 2 is 2.03 bits per heavy atom. The van der Waals surface area contributed by atoms with E-state index in [0.717, 1.165) is 5.56 Å². The second-order valence-corrected chi connectivity index (χ2v) is 7.03. The quantitative estimate of drug-likeness (QED) is 0.515. The summed E-state index contributed by atoms with van der Waals surface area (Å²) in [6.45, 7) is 0.144.